The molecule has 1 atom stereocenters. The summed E-state index contributed by atoms with van der Waals surface area (Å²) in [5, 5.41) is 14.7. The molecule has 0 saturated carbocycles. The van der Waals surface area contributed by atoms with Gasteiger partial charge in [-0.2, -0.15) is 5.26 Å². The maximum absolute atomic E-state index is 10.8. The van der Waals surface area contributed by atoms with Gasteiger partial charge in [0.25, 0.3) is 0 Å². The predicted octanol–water partition coefficient (Wildman–Crippen LogP) is 1.99. The molecule has 1 rings (SSSR count). The van der Waals surface area contributed by atoms with E-state index in [1.54, 1.807) is 18.2 Å². The van der Waals surface area contributed by atoms with Gasteiger partial charge in [0, 0.05) is 19.2 Å². The summed E-state index contributed by atoms with van der Waals surface area (Å²) < 4.78 is 0. The van der Waals surface area contributed by atoms with E-state index in [1.807, 2.05) is 12.1 Å². The zero-order valence-corrected chi connectivity index (χ0v) is 9.73. The fourth-order valence-corrected chi connectivity index (χ4v) is 1.40. The van der Waals surface area contributed by atoms with E-state index in [2.05, 4.69) is 23.3 Å². The van der Waals surface area contributed by atoms with Crippen molar-refractivity contribution in [3.8, 4) is 6.07 Å². The highest BCUT2D eigenvalue weighted by atomic mass is 16.1. The third-order valence-corrected chi connectivity index (χ3v) is 2.16. The number of hydrogen-bond acceptors (Lipinski definition) is 3. The fourth-order valence-electron chi connectivity index (χ4n) is 1.40. The lowest BCUT2D eigenvalue weighted by Gasteiger charge is -2.11. The van der Waals surface area contributed by atoms with Gasteiger partial charge in [-0.05, 0) is 17.7 Å². The van der Waals surface area contributed by atoms with Crippen LogP contribution in [0.15, 0.2) is 36.9 Å². The van der Waals surface area contributed by atoms with E-state index < -0.39 is 0 Å². The Balaban J connectivity index is 2.74. The zero-order valence-electron chi connectivity index (χ0n) is 9.73. The largest absolute Gasteiger partial charge is 0.326 e. The molecule has 0 aliphatic rings. The molecule has 0 aliphatic carbocycles. The second-order valence-corrected chi connectivity index (χ2v) is 3.56. The van der Waals surface area contributed by atoms with Gasteiger partial charge in [0.2, 0.25) is 5.91 Å². The van der Waals surface area contributed by atoms with Crippen molar-refractivity contribution in [1.82, 2.24) is 5.32 Å². The van der Waals surface area contributed by atoms with Crippen molar-refractivity contribution in [2.45, 2.75) is 13.0 Å². The number of amides is 1. The van der Waals surface area contributed by atoms with Gasteiger partial charge in [0.05, 0.1) is 6.07 Å². The van der Waals surface area contributed by atoms with Crippen LogP contribution in [0.3, 0.4) is 0 Å². The lowest BCUT2D eigenvalue weighted by Crippen LogP contribution is -2.19. The van der Waals surface area contributed by atoms with E-state index in [1.165, 1.54) is 6.92 Å². The van der Waals surface area contributed by atoms with Crippen molar-refractivity contribution in [3.05, 3.63) is 42.5 Å². The second-order valence-electron chi connectivity index (χ2n) is 3.56. The molecule has 1 aromatic carbocycles. The van der Waals surface area contributed by atoms with Crippen molar-refractivity contribution < 1.29 is 4.79 Å². The normalized spacial score (nSPS) is 11.3. The average Bonchev–Trinajstić information content (AvgIpc) is 2.31. The molecule has 1 unspecified atom stereocenters. The smallest absolute Gasteiger partial charge is 0.221 e. The third kappa shape index (κ3) is 4.09. The van der Waals surface area contributed by atoms with Crippen LogP contribution in [0.25, 0.3) is 0 Å². The topological polar surface area (TPSA) is 64.9 Å². The minimum Gasteiger partial charge on any atom is -0.326 e. The molecular weight excluding hydrogens is 214 g/mol. The van der Waals surface area contributed by atoms with Crippen molar-refractivity contribution in [3.63, 3.8) is 0 Å². The number of anilines is 1. The fraction of sp³-hybridized carbons (Fsp3) is 0.231. The molecule has 0 aromatic heterocycles. The first-order valence-electron chi connectivity index (χ1n) is 5.29. The number of nitrogens with one attached hydrogen (secondary N) is 2. The summed E-state index contributed by atoms with van der Waals surface area (Å²) >= 11 is 0. The van der Waals surface area contributed by atoms with E-state index in [0.717, 1.165) is 11.3 Å². The SMILES string of the molecule is C=CCNC(C#N)c1ccc(NC(C)=O)cc1. The molecule has 17 heavy (non-hydrogen) atoms. The van der Waals surface area contributed by atoms with Crippen LogP contribution in [0, 0.1) is 11.3 Å². The van der Waals surface area contributed by atoms with Gasteiger partial charge in [-0.3, -0.25) is 10.1 Å². The molecule has 0 saturated heterocycles. The molecule has 1 aromatic rings. The first-order chi connectivity index (χ1) is 8.17. The average molecular weight is 229 g/mol. The number of carbonyl (C=O) groups is 1. The van der Waals surface area contributed by atoms with Crippen LogP contribution in [0.2, 0.25) is 0 Å². The number of carbonyl (C=O) groups excluding carboxylic acids is 1. The van der Waals surface area contributed by atoms with Crippen LogP contribution in [-0.2, 0) is 4.79 Å². The Hall–Kier alpha value is -2.12. The lowest BCUT2D eigenvalue weighted by atomic mass is 10.1. The van der Waals surface area contributed by atoms with Crippen LogP contribution in [0.4, 0.5) is 5.69 Å². The van der Waals surface area contributed by atoms with Crippen molar-refractivity contribution >= 4 is 11.6 Å². The molecule has 0 bridgehead atoms. The Labute approximate surface area is 101 Å². The van der Waals surface area contributed by atoms with E-state index >= 15 is 0 Å². The van der Waals surface area contributed by atoms with Gasteiger partial charge < -0.3 is 5.32 Å². The summed E-state index contributed by atoms with van der Waals surface area (Å²) in [6.45, 7) is 5.62. The van der Waals surface area contributed by atoms with E-state index in [0.29, 0.717) is 6.54 Å². The standard InChI is InChI=1S/C13H15N3O/c1-3-8-15-13(9-14)11-4-6-12(7-5-11)16-10(2)17/h3-7,13,15H,1,8H2,2H3,(H,16,17). The molecule has 0 radical (unpaired) electrons. The van der Waals surface area contributed by atoms with Gasteiger partial charge in [0.1, 0.15) is 6.04 Å². The van der Waals surface area contributed by atoms with Crippen LogP contribution >= 0.6 is 0 Å². The Kier molecular flexibility index (Phi) is 4.92. The van der Waals surface area contributed by atoms with Crippen LogP contribution in [-0.4, -0.2) is 12.5 Å². The van der Waals surface area contributed by atoms with Gasteiger partial charge in [-0.15, -0.1) is 6.58 Å². The summed E-state index contributed by atoms with van der Waals surface area (Å²) in [7, 11) is 0. The number of benzene rings is 1. The molecule has 0 aliphatic heterocycles. The highest BCUT2D eigenvalue weighted by molar-refractivity contribution is 5.88. The number of nitriles is 1. The summed E-state index contributed by atoms with van der Waals surface area (Å²) in [4.78, 5) is 10.8. The Morgan fingerprint density at radius 2 is 2.18 bits per heavy atom. The summed E-state index contributed by atoms with van der Waals surface area (Å²) in [5.41, 5.74) is 1.59. The van der Waals surface area contributed by atoms with Gasteiger partial charge >= 0.3 is 0 Å². The van der Waals surface area contributed by atoms with Crippen LogP contribution < -0.4 is 10.6 Å². The van der Waals surface area contributed by atoms with E-state index in [-0.39, 0.29) is 11.9 Å². The molecule has 0 heterocycles. The minimum atomic E-state index is -0.362. The Morgan fingerprint density at radius 3 is 2.65 bits per heavy atom. The molecule has 4 nitrogen and oxygen atoms in total. The quantitative estimate of drug-likeness (QED) is 0.759. The molecule has 88 valence electrons. The summed E-state index contributed by atoms with van der Waals surface area (Å²) in [6.07, 6.45) is 1.70. The van der Waals surface area contributed by atoms with Crippen molar-refractivity contribution in [1.29, 1.82) is 5.26 Å². The molecular formula is C13H15N3O. The van der Waals surface area contributed by atoms with Crippen molar-refractivity contribution in [2.75, 3.05) is 11.9 Å². The Morgan fingerprint density at radius 1 is 1.53 bits per heavy atom. The second kappa shape index (κ2) is 6.46. The molecule has 0 fully saturated rings. The van der Waals surface area contributed by atoms with Crippen LogP contribution in [0.1, 0.15) is 18.5 Å². The minimum absolute atomic E-state index is 0.112. The maximum Gasteiger partial charge on any atom is 0.221 e. The monoisotopic (exact) mass is 229 g/mol. The van der Waals surface area contributed by atoms with E-state index in [4.69, 9.17) is 5.26 Å². The molecule has 2 N–H and O–H groups in total. The number of rotatable bonds is 5. The summed E-state index contributed by atoms with van der Waals surface area (Å²) in [6, 6.07) is 8.98. The third-order valence-electron chi connectivity index (χ3n) is 2.16. The highest BCUT2D eigenvalue weighted by Crippen LogP contribution is 2.15. The highest BCUT2D eigenvalue weighted by Gasteiger charge is 2.08. The number of hydrogen-bond donors (Lipinski definition) is 2. The van der Waals surface area contributed by atoms with Gasteiger partial charge in [-0.25, -0.2) is 0 Å². The van der Waals surface area contributed by atoms with Gasteiger partial charge in [0.15, 0.2) is 0 Å². The van der Waals surface area contributed by atoms with E-state index in [9.17, 15) is 4.79 Å². The van der Waals surface area contributed by atoms with Crippen molar-refractivity contribution in [2.24, 2.45) is 0 Å². The van der Waals surface area contributed by atoms with Gasteiger partial charge in [-0.1, -0.05) is 18.2 Å². The maximum atomic E-state index is 10.8. The first-order valence-corrected chi connectivity index (χ1v) is 5.29. The molecule has 0 spiro atoms. The first kappa shape index (κ1) is 12.9. The molecule has 1 amide bonds. The summed E-state index contributed by atoms with van der Waals surface area (Å²) in [5.74, 6) is -0.112. The lowest BCUT2D eigenvalue weighted by molar-refractivity contribution is -0.114. The Bertz CT molecular complexity index is 431. The molecule has 4 heteroatoms. The zero-order chi connectivity index (χ0) is 12.7. The van der Waals surface area contributed by atoms with Crippen LogP contribution in [0.5, 0.6) is 0 Å². The predicted molar refractivity (Wildman–Crippen MR) is 67.3 cm³/mol. The number of nitrogens with zero attached hydrogens (tertiary/aromatic N) is 1.